The number of rotatable bonds is 5. The first-order chi connectivity index (χ1) is 9.93. The molecule has 2 bridgehead atoms. The van der Waals surface area contributed by atoms with Gasteiger partial charge in [0.2, 0.25) is 10.0 Å². The maximum atomic E-state index is 12.2. The molecule has 3 rings (SSSR count). The highest BCUT2D eigenvalue weighted by Gasteiger charge is 2.41. The number of nitro groups is 1. The second-order valence-electron chi connectivity index (χ2n) is 6.09. The Hall–Kier alpha value is -1.47. The third-order valence-electron chi connectivity index (χ3n) is 4.55. The van der Waals surface area contributed by atoms with Crippen LogP contribution in [0.15, 0.2) is 24.3 Å². The van der Waals surface area contributed by atoms with Crippen molar-refractivity contribution in [2.75, 3.05) is 0 Å². The highest BCUT2D eigenvalue weighted by Crippen LogP contribution is 2.44. The molecule has 7 heteroatoms. The summed E-state index contributed by atoms with van der Waals surface area (Å²) in [6.07, 6.45) is 4.38. The van der Waals surface area contributed by atoms with Crippen LogP contribution in [0.4, 0.5) is 5.69 Å². The van der Waals surface area contributed by atoms with Crippen LogP contribution in [0.3, 0.4) is 0 Å². The van der Waals surface area contributed by atoms with Crippen LogP contribution in [0, 0.1) is 22.0 Å². The molecule has 6 nitrogen and oxygen atoms in total. The van der Waals surface area contributed by atoms with E-state index < -0.39 is 14.9 Å². The molecule has 2 aliphatic rings. The fourth-order valence-corrected chi connectivity index (χ4v) is 5.09. The number of hydrogen-bond donors (Lipinski definition) is 1. The summed E-state index contributed by atoms with van der Waals surface area (Å²) in [5, 5.41) is 10.7. The summed E-state index contributed by atoms with van der Waals surface area (Å²) >= 11 is 0. The van der Waals surface area contributed by atoms with E-state index in [1.165, 1.54) is 24.6 Å². The Labute approximate surface area is 123 Å². The maximum absolute atomic E-state index is 12.2. The van der Waals surface area contributed by atoms with Gasteiger partial charge in [0.05, 0.1) is 10.7 Å². The molecule has 0 saturated heterocycles. The third kappa shape index (κ3) is 3.24. The van der Waals surface area contributed by atoms with Gasteiger partial charge in [-0.3, -0.25) is 10.1 Å². The maximum Gasteiger partial charge on any atom is 0.269 e. The highest BCUT2D eigenvalue weighted by molar-refractivity contribution is 7.88. The van der Waals surface area contributed by atoms with Crippen LogP contribution in [0.2, 0.25) is 0 Å². The number of hydrogen-bond acceptors (Lipinski definition) is 4. The zero-order valence-electron chi connectivity index (χ0n) is 11.6. The lowest BCUT2D eigenvalue weighted by Gasteiger charge is -2.22. The lowest BCUT2D eigenvalue weighted by atomic mass is 9.96. The predicted molar refractivity (Wildman–Crippen MR) is 78.1 cm³/mol. The van der Waals surface area contributed by atoms with Gasteiger partial charge in [0, 0.05) is 18.2 Å². The second-order valence-corrected chi connectivity index (χ2v) is 7.84. The van der Waals surface area contributed by atoms with E-state index in [-0.39, 0.29) is 17.5 Å². The van der Waals surface area contributed by atoms with Gasteiger partial charge in [-0.1, -0.05) is 18.6 Å². The molecule has 0 aliphatic heterocycles. The Morgan fingerprint density at radius 2 is 2.10 bits per heavy atom. The Bertz CT molecular complexity index is 659. The minimum absolute atomic E-state index is 0.0486. The van der Waals surface area contributed by atoms with Crippen molar-refractivity contribution in [3.8, 4) is 0 Å². The number of benzene rings is 1. The SMILES string of the molecule is O=[N+]([O-])c1cccc(CS(=O)(=O)N[C@H]2C[C@@H]3CC[C@@H]2C3)c1. The standard InChI is InChI=1S/C14H18N2O4S/c17-16(18)13-3-1-2-11(7-13)9-21(19,20)15-14-8-10-4-5-12(14)6-10/h1-3,7,10,12,14-15H,4-6,8-9H2/t10-,12-,14+/m1/s1. The van der Waals surface area contributed by atoms with Crippen LogP contribution in [-0.4, -0.2) is 19.4 Å². The van der Waals surface area contributed by atoms with Crippen LogP contribution in [0.5, 0.6) is 0 Å². The number of fused-ring (bicyclic) bond motifs is 2. The van der Waals surface area contributed by atoms with E-state index in [2.05, 4.69) is 4.72 Å². The summed E-state index contributed by atoms with van der Waals surface area (Å²) in [5.74, 6) is 0.929. The van der Waals surface area contributed by atoms with Crippen LogP contribution >= 0.6 is 0 Å². The first-order valence-electron chi connectivity index (χ1n) is 7.16. The van der Waals surface area contributed by atoms with E-state index >= 15 is 0 Å². The Morgan fingerprint density at radius 1 is 1.29 bits per heavy atom. The quantitative estimate of drug-likeness (QED) is 0.667. The van der Waals surface area contributed by atoms with Crippen LogP contribution < -0.4 is 4.72 Å². The molecule has 21 heavy (non-hydrogen) atoms. The van der Waals surface area contributed by atoms with E-state index in [1.807, 2.05) is 0 Å². The zero-order valence-corrected chi connectivity index (χ0v) is 12.4. The minimum atomic E-state index is -3.46. The van der Waals surface area contributed by atoms with Gasteiger partial charge in [0.25, 0.3) is 5.69 Å². The first kappa shape index (κ1) is 14.5. The minimum Gasteiger partial charge on any atom is -0.258 e. The monoisotopic (exact) mass is 310 g/mol. The van der Waals surface area contributed by atoms with Crippen molar-refractivity contribution >= 4 is 15.7 Å². The Kier molecular flexibility index (Phi) is 3.71. The molecule has 0 heterocycles. The van der Waals surface area contributed by atoms with Gasteiger partial charge in [-0.2, -0.15) is 0 Å². The molecule has 0 spiro atoms. The molecule has 114 valence electrons. The fraction of sp³-hybridized carbons (Fsp3) is 0.571. The Balaban J connectivity index is 1.68. The smallest absolute Gasteiger partial charge is 0.258 e. The lowest BCUT2D eigenvalue weighted by molar-refractivity contribution is -0.384. The van der Waals surface area contributed by atoms with Gasteiger partial charge >= 0.3 is 0 Å². The highest BCUT2D eigenvalue weighted by atomic mass is 32.2. The summed E-state index contributed by atoms with van der Waals surface area (Å²) in [7, 11) is -3.46. The van der Waals surface area contributed by atoms with Crippen molar-refractivity contribution in [1.29, 1.82) is 0 Å². The van der Waals surface area contributed by atoms with Crippen molar-refractivity contribution in [2.24, 2.45) is 11.8 Å². The topological polar surface area (TPSA) is 89.3 Å². The van der Waals surface area contributed by atoms with Gasteiger partial charge in [-0.15, -0.1) is 0 Å². The van der Waals surface area contributed by atoms with Gasteiger partial charge in [0.1, 0.15) is 0 Å². The number of nitrogens with one attached hydrogen (secondary N) is 1. The van der Waals surface area contributed by atoms with Crippen molar-refractivity contribution < 1.29 is 13.3 Å². The van der Waals surface area contributed by atoms with Crippen LogP contribution in [0.1, 0.15) is 31.2 Å². The normalized spacial score (nSPS) is 27.9. The van der Waals surface area contributed by atoms with E-state index in [1.54, 1.807) is 6.07 Å². The largest absolute Gasteiger partial charge is 0.269 e. The second kappa shape index (κ2) is 5.38. The fourth-order valence-electron chi connectivity index (χ4n) is 3.64. The third-order valence-corrected chi connectivity index (χ3v) is 5.92. The lowest BCUT2D eigenvalue weighted by Crippen LogP contribution is -2.39. The van der Waals surface area contributed by atoms with Gasteiger partial charge in [0.15, 0.2) is 0 Å². The van der Waals surface area contributed by atoms with Crippen molar-refractivity contribution in [1.82, 2.24) is 4.72 Å². The van der Waals surface area contributed by atoms with Gasteiger partial charge < -0.3 is 0 Å². The molecule has 1 aromatic carbocycles. The zero-order chi connectivity index (χ0) is 15.0. The summed E-state index contributed by atoms with van der Waals surface area (Å²) in [5.41, 5.74) is 0.363. The van der Waals surface area contributed by atoms with Crippen LogP contribution in [0.25, 0.3) is 0 Å². The molecule has 3 atom stereocenters. The van der Waals surface area contributed by atoms with E-state index in [0.29, 0.717) is 17.4 Å². The summed E-state index contributed by atoms with van der Waals surface area (Å²) in [6, 6.07) is 5.85. The molecule has 1 N–H and O–H groups in total. The van der Waals surface area contributed by atoms with Crippen molar-refractivity contribution in [3.63, 3.8) is 0 Å². The molecule has 0 amide bonds. The average molecular weight is 310 g/mol. The molecule has 0 radical (unpaired) electrons. The van der Waals surface area contributed by atoms with E-state index in [0.717, 1.165) is 19.3 Å². The average Bonchev–Trinajstić information content (AvgIpc) is 3.00. The predicted octanol–water partition coefficient (Wildman–Crippen LogP) is 2.20. The van der Waals surface area contributed by atoms with Crippen molar-refractivity contribution in [2.45, 2.75) is 37.5 Å². The molecule has 2 aliphatic carbocycles. The summed E-state index contributed by atoms with van der Waals surface area (Å²) < 4.78 is 27.3. The van der Waals surface area contributed by atoms with Gasteiger partial charge in [-0.05, 0) is 36.7 Å². The van der Waals surface area contributed by atoms with E-state index in [4.69, 9.17) is 0 Å². The molecule has 0 aromatic heterocycles. The summed E-state index contributed by atoms with van der Waals surface area (Å²) in [6.45, 7) is 0. The molecule has 2 fully saturated rings. The number of non-ortho nitro benzene ring substituents is 1. The first-order valence-corrected chi connectivity index (χ1v) is 8.81. The van der Waals surface area contributed by atoms with Crippen molar-refractivity contribution in [3.05, 3.63) is 39.9 Å². The van der Waals surface area contributed by atoms with E-state index in [9.17, 15) is 18.5 Å². The van der Waals surface area contributed by atoms with Gasteiger partial charge in [-0.25, -0.2) is 13.1 Å². The summed E-state index contributed by atoms with van der Waals surface area (Å²) in [4.78, 5) is 10.2. The molecule has 0 unspecified atom stereocenters. The number of nitro benzene ring substituents is 1. The number of sulfonamides is 1. The molecule has 2 saturated carbocycles. The molecular formula is C14H18N2O4S. The Morgan fingerprint density at radius 3 is 2.71 bits per heavy atom. The molecule has 1 aromatic rings. The number of nitrogens with zero attached hydrogens (tertiary/aromatic N) is 1. The molecular weight excluding hydrogens is 292 g/mol. The van der Waals surface area contributed by atoms with Crippen LogP contribution in [-0.2, 0) is 15.8 Å².